The fraction of sp³-hybridized carbons (Fsp3) is 0.571. The Hall–Kier alpha value is -1.40. The van der Waals surface area contributed by atoms with Crippen molar-refractivity contribution in [1.29, 1.82) is 0 Å². The van der Waals surface area contributed by atoms with Gasteiger partial charge in [-0.05, 0) is 36.3 Å². The molecular weight excluding hydrogens is 278 g/mol. The van der Waals surface area contributed by atoms with Crippen LogP contribution in [0.2, 0.25) is 0 Å². The van der Waals surface area contributed by atoms with Crippen molar-refractivity contribution in [3.05, 3.63) is 21.9 Å². The minimum Gasteiger partial charge on any atom is -0.480 e. The summed E-state index contributed by atoms with van der Waals surface area (Å²) in [6.07, 6.45) is 2.12. The fourth-order valence-electron chi connectivity index (χ4n) is 3.23. The number of hydrogen-bond acceptors (Lipinski definition) is 4. The summed E-state index contributed by atoms with van der Waals surface area (Å²) in [6.45, 7) is 0.131. The van der Waals surface area contributed by atoms with E-state index in [1.807, 2.05) is 11.4 Å². The third kappa shape index (κ3) is 2.23. The topological polar surface area (TPSA) is 77.8 Å². The van der Waals surface area contributed by atoms with Gasteiger partial charge in [0.25, 0.3) is 0 Å². The molecule has 2 heterocycles. The summed E-state index contributed by atoms with van der Waals surface area (Å²) >= 11 is 1.66. The lowest BCUT2D eigenvalue weighted by molar-refractivity contribution is -0.148. The number of nitrogens with zero attached hydrogens (tertiary/aromatic N) is 1. The largest absolute Gasteiger partial charge is 0.480 e. The molecule has 20 heavy (non-hydrogen) atoms. The normalized spacial score (nSPS) is 29.2. The standard InChI is InChI=1S/C14H17NO4S/c16-8-6-11(14(18)19)15(7-8)13(17)10-2-1-3-12-9(10)4-5-20-12/h4-5,8,10-11,16H,1-3,6-7H2,(H,18,19)/t8-,10?,11-/m1/s1. The number of β-amino-alcohol motifs (C(OH)–C–C–N with tert-alkyl or cyclic N) is 1. The van der Waals surface area contributed by atoms with E-state index >= 15 is 0 Å². The third-order valence-electron chi connectivity index (χ3n) is 4.20. The molecule has 0 aromatic carbocycles. The van der Waals surface area contributed by atoms with Crippen LogP contribution in [0, 0.1) is 0 Å². The quantitative estimate of drug-likeness (QED) is 0.860. The van der Waals surface area contributed by atoms with Crippen LogP contribution in [0.1, 0.15) is 35.6 Å². The maximum absolute atomic E-state index is 12.7. The van der Waals surface area contributed by atoms with E-state index in [-0.39, 0.29) is 24.8 Å². The van der Waals surface area contributed by atoms with Crippen LogP contribution < -0.4 is 0 Å². The lowest BCUT2D eigenvalue weighted by atomic mass is 9.86. The Morgan fingerprint density at radius 1 is 1.40 bits per heavy atom. The second kappa shape index (κ2) is 5.18. The molecular formula is C14H17NO4S. The molecule has 1 aromatic rings. The van der Waals surface area contributed by atoms with E-state index in [1.54, 1.807) is 11.3 Å². The molecule has 2 N–H and O–H groups in total. The first-order chi connectivity index (χ1) is 9.58. The van der Waals surface area contributed by atoms with Crippen molar-refractivity contribution in [2.75, 3.05) is 6.54 Å². The summed E-state index contributed by atoms with van der Waals surface area (Å²) in [5.74, 6) is -1.42. The first-order valence-electron chi connectivity index (χ1n) is 6.85. The molecule has 1 aromatic heterocycles. The van der Waals surface area contributed by atoms with Gasteiger partial charge >= 0.3 is 5.97 Å². The van der Waals surface area contributed by atoms with E-state index in [4.69, 9.17) is 0 Å². The average molecular weight is 295 g/mol. The van der Waals surface area contributed by atoms with E-state index in [0.29, 0.717) is 0 Å². The number of aliphatic carboxylic acids is 1. The molecule has 1 fully saturated rings. The van der Waals surface area contributed by atoms with Crippen LogP contribution in [0.25, 0.3) is 0 Å². The smallest absolute Gasteiger partial charge is 0.326 e. The van der Waals surface area contributed by atoms with E-state index in [2.05, 4.69) is 0 Å². The number of thiophene rings is 1. The number of aryl methyl sites for hydroxylation is 1. The Labute approximate surface area is 120 Å². The van der Waals surface area contributed by atoms with Crippen LogP contribution >= 0.6 is 11.3 Å². The van der Waals surface area contributed by atoms with Crippen molar-refractivity contribution in [3.8, 4) is 0 Å². The molecule has 5 nitrogen and oxygen atoms in total. The number of rotatable bonds is 2. The van der Waals surface area contributed by atoms with Crippen LogP contribution in [0.3, 0.4) is 0 Å². The highest BCUT2D eigenvalue weighted by Gasteiger charge is 2.42. The minimum absolute atomic E-state index is 0.129. The molecule has 1 unspecified atom stereocenters. The number of aliphatic hydroxyl groups excluding tert-OH is 1. The van der Waals surface area contributed by atoms with Crippen molar-refractivity contribution < 1.29 is 19.8 Å². The molecule has 2 aliphatic rings. The highest BCUT2D eigenvalue weighted by Crippen LogP contribution is 2.37. The Bertz CT molecular complexity index is 541. The van der Waals surface area contributed by atoms with Crippen molar-refractivity contribution >= 4 is 23.2 Å². The maximum atomic E-state index is 12.7. The van der Waals surface area contributed by atoms with Gasteiger partial charge in [0.05, 0.1) is 12.0 Å². The zero-order chi connectivity index (χ0) is 14.3. The second-order valence-corrected chi connectivity index (χ2v) is 6.48. The van der Waals surface area contributed by atoms with Gasteiger partial charge in [0.1, 0.15) is 6.04 Å². The molecule has 3 rings (SSSR count). The van der Waals surface area contributed by atoms with Crippen molar-refractivity contribution in [3.63, 3.8) is 0 Å². The summed E-state index contributed by atoms with van der Waals surface area (Å²) < 4.78 is 0. The summed E-state index contributed by atoms with van der Waals surface area (Å²) in [7, 11) is 0. The molecule has 6 heteroatoms. The van der Waals surface area contributed by atoms with Crippen LogP contribution in [0.15, 0.2) is 11.4 Å². The Kier molecular flexibility index (Phi) is 3.52. The van der Waals surface area contributed by atoms with E-state index in [0.717, 1.165) is 24.8 Å². The first kappa shape index (κ1) is 13.6. The SMILES string of the molecule is O=C(O)[C@H]1C[C@@H](O)CN1C(=O)C1CCCc2sccc21. The monoisotopic (exact) mass is 295 g/mol. The molecule has 1 saturated heterocycles. The number of carbonyl (C=O) groups is 2. The number of hydrogen-bond donors (Lipinski definition) is 2. The van der Waals surface area contributed by atoms with Crippen LogP contribution in [-0.4, -0.2) is 45.7 Å². The molecule has 0 radical (unpaired) electrons. The van der Waals surface area contributed by atoms with Gasteiger partial charge < -0.3 is 15.1 Å². The van der Waals surface area contributed by atoms with Gasteiger partial charge in [0.15, 0.2) is 0 Å². The molecule has 3 atom stereocenters. The number of carbonyl (C=O) groups excluding carboxylic acids is 1. The van der Waals surface area contributed by atoms with Gasteiger partial charge in [-0.1, -0.05) is 0 Å². The number of aliphatic hydroxyl groups is 1. The predicted octanol–water partition coefficient (Wildman–Crippen LogP) is 1.21. The van der Waals surface area contributed by atoms with Crippen molar-refractivity contribution in [1.82, 2.24) is 4.90 Å². The number of fused-ring (bicyclic) bond motifs is 1. The molecule has 1 amide bonds. The van der Waals surface area contributed by atoms with Crippen molar-refractivity contribution in [2.24, 2.45) is 0 Å². The number of carboxylic acids is 1. The number of carboxylic acid groups (broad SMARTS) is 1. The zero-order valence-corrected chi connectivity index (χ0v) is 11.8. The molecule has 1 aliphatic heterocycles. The summed E-state index contributed by atoms with van der Waals surface area (Å²) in [4.78, 5) is 26.5. The Morgan fingerprint density at radius 3 is 2.95 bits per heavy atom. The van der Waals surface area contributed by atoms with E-state index < -0.39 is 18.1 Å². The van der Waals surface area contributed by atoms with Gasteiger partial charge in [-0.25, -0.2) is 4.79 Å². The van der Waals surface area contributed by atoms with Gasteiger partial charge in [0.2, 0.25) is 5.91 Å². The first-order valence-corrected chi connectivity index (χ1v) is 7.73. The predicted molar refractivity (Wildman–Crippen MR) is 73.8 cm³/mol. The molecule has 1 aliphatic carbocycles. The highest BCUT2D eigenvalue weighted by atomic mass is 32.1. The third-order valence-corrected chi connectivity index (χ3v) is 5.19. The average Bonchev–Trinajstić information content (AvgIpc) is 3.03. The highest BCUT2D eigenvalue weighted by molar-refractivity contribution is 7.10. The second-order valence-electron chi connectivity index (χ2n) is 5.48. The van der Waals surface area contributed by atoms with E-state index in [1.165, 1.54) is 9.78 Å². The van der Waals surface area contributed by atoms with Gasteiger partial charge in [-0.15, -0.1) is 11.3 Å². The van der Waals surface area contributed by atoms with Crippen LogP contribution in [-0.2, 0) is 16.0 Å². The van der Waals surface area contributed by atoms with Gasteiger partial charge in [0, 0.05) is 17.8 Å². The molecule has 108 valence electrons. The summed E-state index contributed by atoms with van der Waals surface area (Å²) in [6, 6.07) is 1.09. The van der Waals surface area contributed by atoms with Gasteiger partial charge in [-0.3, -0.25) is 4.79 Å². The lowest BCUT2D eigenvalue weighted by Gasteiger charge is -2.29. The zero-order valence-electron chi connectivity index (χ0n) is 11.0. The van der Waals surface area contributed by atoms with Crippen LogP contribution in [0.5, 0.6) is 0 Å². The summed E-state index contributed by atoms with van der Waals surface area (Å²) in [5, 5.41) is 20.9. The molecule has 0 bridgehead atoms. The Morgan fingerprint density at radius 2 is 2.20 bits per heavy atom. The lowest BCUT2D eigenvalue weighted by Crippen LogP contribution is -2.43. The van der Waals surface area contributed by atoms with Gasteiger partial charge in [-0.2, -0.15) is 0 Å². The maximum Gasteiger partial charge on any atom is 0.326 e. The number of likely N-dealkylation sites (tertiary alicyclic amines) is 1. The van der Waals surface area contributed by atoms with Crippen LogP contribution in [0.4, 0.5) is 0 Å². The molecule has 0 spiro atoms. The minimum atomic E-state index is -1.03. The molecule has 0 saturated carbocycles. The fourth-order valence-corrected chi connectivity index (χ4v) is 4.22. The van der Waals surface area contributed by atoms with E-state index in [9.17, 15) is 19.8 Å². The number of amides is 1. The Balaban J connectivity index is 1.85. The summed E-state index contributed by atoms with van der Waals surface area (Å²) in [5.41, 5.74) is 1.05. The van der Waals surface area contributed by atoms with Crippen molar-refractivity contribution in [2.45, 2.75) is 43.7 Å².